The summed E-state index contributed by atoms with van der Waals surface area (Å²) in [5, 5.41) is 0. The van der Waals surface area contributed by atoms with Crippen molar-refractivity contribution in [3.05, 3.63) is 35.1 Å². The van der Waals surface area contributed by atoms with Crippen molar-refractivity contribution in [2.45, 2.75) is 5.75 Å². The van der Waals surface area contributed by atoms with Gasteiger partial charge in [-0.15, -0.1) is 0 Å². The molecule has 1 aromatic carbocycles. The van der Waals surface area contributed by atoms with Crippen LogP contribution >= 0.6 is 12.2 Å². The molecule has 0 aliphatic rings. The maximum absolute atomic E-state index is 12.8. The molecule has 1 rings (SSSR count). The Kier molecular flexibility index (Phi) is 3.68. The smallest absolute Gasteiger partial charge is 0.123 e. The number of benzene rings is 1. The lowest BCUT2D eigenvalue weighted by atomic mass is 10.1. The van der Waals surface area contributed by atoms with E-state index in [4.69, 9.17) is 5.73 Å². The van der Waals surface area contributed by atoms with Gasteiger partial charge in [-0.3, -0.25) is 4.21 Å². The minimum Gasteiger partial charge on any atom is -0.772 e. The van der Waals surface area contributed by atoms with Crippen LogP contribution in [-0.4, -0.2) is 13.8 Å². The van der Waals surface area contributed by atoms with Crippen LogP contribution in [-0.2, 0) is 16.8 Å². The highest BCUT2D eigenvalue weighted by Gasteiger charge is 2.06. The SMILES string of the molecule is NC(=S)c1cc(F)ccc1CS(=O)[O-]. The number of thiocarbonyl (C=S) groups is 1. The molecular weight excluding hydrogens is 225 g/mol. The normalized spacial score (nSPS) is 12.4. The second-order valence-corrected chi connectivity index (χ2v) is 3.95. The van der Waals surface area contributed by atoms with Crippen LogP contribution in [0, 0.1) is 5.82 Å². The summed E-state index contributed by atoms with van der Waals surface area (Å²) in [4.78, 5) is -0.00931. The molecule has 0 aliphatic carbocycles. The summed E-state index contributed by atoms with van der Waals surface area (Å²) in [5.41, 5.74) is 6.00. The summed E-state index contributed by atoms with van der Waals surface area (Å²) in [6, 6.07) is 3.66. The molecule has 0 radical (unpaired) electrons. The van der Waals surface area contributed by atoms with Gasteiger partial charge in [0.05, 0.1) is 0 Å². The van der Waals surface area contributed by atoms with Gasteiger partial charge in [-0.05, 0) is 17.7 Å². The van der Waals surface area contributed by atoms with E-state index in [0.717, 1.165) is 6.07 Å². The monoisotopic (exact) mass is 232 g/mol. The maximum atomic E-state index is 12.8. The molecule has 1 aromatic rings. The summed E-state index contributed by atoms with van der Waals surface area (Å²) in [6.45, 7) is 0. The van der Waals surface area contributed by atoms with Crippen molar-refractivity contribution in [3.8, 4) is 0 Å². The lowest BCUT2D eigenvalue weighted by molar-refractivity contribution is 0.536. The predicted molar refractivity (Wildman–Crippen MR) is 54.9 cm³/mol. The molecule has 6 heteroatoms. The third-order valence-electron chi connectivity index (χ3n) is 1.61. The minimum absolute atomic E-state index is 0.00931. The lowest BCUT2D eigenvalue weighted by Gasteiger charge is -2.09. The van der Waals surface area contributed by atoms with Gasteiger partial charge in [-0.2, -0.15) is 0 Å². The fraction of sp³-hybridized carbons (Fsp3) is 0.125. The minimum atomic E-state index is -2.24. The van der Waals surface area contributed by atoms with Crippen molar-refractivity contribution >= 4 is 28.3 Å². The van der Waals surface area contributed by atoms with E-state index in [0.29, 0.717) is 5.56 Å². The van der Waals surface area contributed by atoms with E-state index in [2.05, 4.69) is 12.2 Å². The largest absolute Gasteiger partial charge is 0.772 e. The van der Waals surface area contributed by atoms with Crippen LogP contribution in [0.15, 0.2) is 18.2 Å². The summed E-state index contributed by atoms with van der Waals surface area (Å²) < 4.78 is 33.7. The highest BCUT2D eigenvalue weighted by molar-refractivity contribution is 7.80. The Hall–Kier alpha value is -0.850. The summed E-state index contributed by atoms with van der Waals surface area (Å²) in [6.07, 6.45) is 0. The molecule has 1 atom stereocenters. The molecule has 0 saturated heterocycles. The van der Waals surface area contributed by atoms with Gasteiger partial charge >= 0.3 is 0 Å². The average Bonchev–Trinajstić information content (AvgIpc) is 2.07. The zero-order valence-corrected chi connectivity index (χ0v) is 8.66. The Morgan fingerprint density at radius 2 is 2.29 bits per heavy atom. The summed E-state index contributed by atoms with van der Waals surface area (Å²) >= 11 is 2.43. The highest BCUT2D eigenvalue weighted by atomic mass is 32.2. The molecule has 0 amide bonds. The molecular formula is C8H7FNO2S2-. The van der Waals surface area contributed by atoms with E-state index < -0.39 is 16.9 Å². The number of halogens is 1. The van der Waals surface area contributed by atoms with Crippen molar-refractivity contribution in [3.63, 3.8) is 0 Å². The van der Waals surface area contributed by atoms with Gasteiger partial charge < -0.3 is 10.3 Å². The molecule has 0 spiro atoms. The predicted octanol–water partition coefficient (Wildman–Crippen LogP) is 0.839. The van der Waals surface area contributed by atoms with Crippen LogP contribution in [0.1, 0.15) is 11.1 Å². The van der Waals surface area contributed by atoms with Gasteiger partial charge in [0.2, 0.25) is 0 Å². The molecule has 0 fully saturated rings. The third-order valence-corrected chi connectivity index (χ3v) is 2.38. The van der Waals surface area contributed by atoms with Crippen LogP contribution < -0.4 is 5.73 Å². The van der Waals surface area contributed by atoms with Crippen LogP contribution in [0.2, 0.25) is 0 Å². The zero-order valence-electron chi connectivity index (χ0n) is 7.03. The van der Waals surface area contributed by atoms with Crippen molar-refractivity contribution in [2.75, 3.05) is 0 Å². The van der Waals surface area contributed by atoms with E-state index >= 15 is 0 Å². The Labute approximate surface area is 88.4 Å². The van der Waals surface area contributed by atoms with Crippen LogP contribution in [0.5, 0.6) is 0 Å². The average molecular weight is 232 g/mol. The molecule has 0 aromatic heterocycles. The Balaban J connectivity index is 3.14. The Morgan fingerprint density at radius 1 is 1.64 bits per heavy atom. The van der Waals surface area contributed by atoms with Crippen molar-refractivity contribution in [1.29, 1.82) is 0 Å². The molecule has 0 bridgehead atoms. The first-order valence-corrected chi connectivity index (χ1v) is 5.30. The zero-order chi connectivity index (χ0) is 10.7. The number of hydrogen-bond acceptors (Lipinski definition) is 3. The fourth-order valence-corrected chi connectivity index (χ4v) is 1.73. The van der Waals surface area contributed by atoms with Gasteiger partial charge in [-0.25, -0.2) is 4.39 Å². The van der Waals surface area contributed by atoms with Crippen LogP contribution in [0.4, 0.5) is 4.39 Å². The number of nitrogens with two attached hydrogens (primary N) is 1. The van der Waals surface area contributed by atoms with E-state index in [1.807, 2.05) is 0 Å². The van der Waals surface area contributed by atoms with Gasteiger partial charge in [0, 0.05) is 11.3 Å². The molecule has 0 aliphatic heterocycles. The van der Waals surface area contributed by atoms with Crippen molar-refractivity contribution < 1.29 is 13.2 Å². The van der Waals surface area contributed by atoms with Gasteiger partial charge in [0.25, 0.3) is 0 Å². The molecule has 76 valence electrons. The van der Waals surface area contributed by atoms with E-state index in [1.165, 1.54) is 12.1 Å². The Bertz CT molecular complexity index is 395. The van der Waals surface area contributed by atoms with Crippen molar-refractivity contribution in [1.82, 2.24) is 0 Å². The van der Waals surface area contributed by atoms with Crippen LogP contribution in [0.3, 0.4) is 0 Å². The van der Waals surface area contributed by atoms with Gasteiger partial charge in [0.1, 0.15) is 10.8 Å². The lowest BCUT2D eigenvalue weighted by Crippen LogP contribution is -2.13. The van der Waals surface area contributed by atoms with Crippen molar-refractivity contribution in [2.24, 2.45) is 5.73 Å². The van der Waals surface area contributed by atoms with E-state index in [-0.39, 0.29) is 16.3 Å². The molecule has 14 heavy (non-hydrogen) atoms. The first-order chi connectivity index (χ1) is 6.50. The maximum Gasteiger partial charge on any atom is 0.123 e. The molecule has 0 heterocycles. The first kappa shape index (κ1) is 11.2. The highest BCUT2D eigenvalue weighted by Crippen LogP contribution is 2.13. The van der Waals surface area contributed by atoms with Gasteiger partial charge in [0.15, 0.2) is 0 Å². The van der Waals surface area contributed by atoms with E-state index in [9.17, 15) is 13.2 Å². The fourth-order valence-electron chi connectivity index (χ4n) is 1.03. The number of hydrogen-bond donors (Lipinski definition) is 1. The first-order valence-electron chi connectivity index (χ1n) is 3.65. The van der Waals surface area contributed by atoms with Crippen LogP contribution in [0.25, 0.3) is 0 Å². The second-order valence-electron chi connectivity index (χ2n) is 2.61. The molecule has 1 unspecified atom stereocenters. The third kappa shape index (κ3) is 2.83. The second kappa shape index (κ2) is 4.59. The molecule has 3 nitrogen and oxygen atoms in total. The summed E-state index contributed by atoms with van der Waals surface area (Å²) in [5.74, 6) is -0.708. The summed E-state index contributed by atoms with van der Waals surface area (Å²) in [7, 11) is 0. The van der Waals surface area contributed by atoms with E-state index in [1.54, 1.807) is 0 Å². The van der Waals surface area contributed by atoms with Gasteiger partial charge in [-0.1, -0.05) is 29.4 Å². The number of rotatable bonds is 3. The quantitative estimate of drug-likeness (QED) is 0.619. The Morgan fingerprint density at radius 3 is 2.79 bits per heavy atom. The molecule has 2 N–H and O–H groups in total. The molecule has 0 saturated carbocycles. The topological polar surface area (TPSA) is 66.2 Å². The standard InChI is InChI=1S/C8H8FNO2S2/c9-6-2-1-5(4-14(11)12)7(3-6)8(10)13/h1-3H,4H2,(H2,10,13)(H,11,12)/p-1.